The van der Waals surface area contributed by atoms with Crippen LogP contribution in [-0.4, -0.2) is 29.9 Å². The zero-order valence-electron chi connectivity index (χ0n) is 13.2. The molecule has 25 heavy (non-hydrogen) atoms. The number of Topliss-reactive ketones (excluding diaryl/α,β-unsaturated/α-hetero) is 1. The number of nitrogens with zero attached hydrogens (tertiary/aromatic N) is 1. The number of ether oxygens (including phenoxy) is 2. The minimum Gasteiger partial charge on any atom is -0.494 e. The number of hydrogen-bond donors (Lipinski definition) is 0. The van der Waals surface area contributed by atoms with Gasteiger partial charge in [0, 0.05) is 16.7 Å². The molecule has 0 heterocycles. The molecule has 7 nitrogen and oxygen atoms in total. The van der Waals surface area contributed by atoms with Gasteiger partial charge in [-0.2, -0.15) is 0 Å². The standard InChI is InChI=1S/C17H14ClNO6/c1-2-24-13-6-3-11(4-7-13)16(20)10-25-17(21)14-9-12(18)5-8-15(14)19(22)23/h3-9H,2,10H2,1H3. The molecule has 0 aliphatic carbocycles. The van der Waals surface area contributed by atoms with E-state index in [1.165, 1.54) is 6.07 Å². The smallest absolute Gasteiger partial charge is 0.345 e. The Hall–Kier alpha value is -2.93. The van der Waals surface area contributed by atoms with Crippen molar-refractivity contribution in [1.29, 1.82) is 0 Å². The molecule has 130 valence electrons. The van der Waals surface area contributed by atoms with Crippen LogP contribution in [0, 0.1) is 10.1 Å². The second-order valence-corrected chi connectivity index (χ2v) is 5.31. The van der Waals surface area contributed by atoms with E-state index in [1.54, 1.807) is 24.3 Å². The van der Waals surface area contributed by atoms with E-state index in [1.807, 2.05) is 6.92 Å². The highest BCUT2D eigenvalue weighted by Crippen LogP contribution is 2.23. The van der Waals surface area contributed by atoms with E-state index in [-0.39, 0.29) is 10.6 Å². The molecule has 0 aromatic heterocycles. The van der Waals surface area contributed by atoms with E-state index in [4.69, 9.17) is 21.1 Å². The zero-order valence-corrected chi connectivity index (χ0v) is 14.0. The largest absolute Gasteiger partial charge is 0.494 e. The monoisotopic (exact) mass is 363 g/mol. The molecular weight excluding hydrogens is 350 g/mol. The van der Waals surface area contributed by atoms with Crippen LogP contribution in [0.1, 0.15) is 27.6 Å². The summed E-state index contributed by atoms with van der Waals surface area (Å²) in [6, 6.07) is 9.87. The molecule has 0 aliphatic rings. The Kier molecular flexibility index (Phi) is 6.08. The van der Waals surface area contributed by atoms with Gasteiger partial charge in [0.15, 0.2) is 12.4 Å². The predicted octanol–water partition coefficient (Wildman–Crippen LogP) is 3.69. The molecule has 0 N–H and O–H groups in total. The van der Waals surface area contributed by atoms with Crippen LogP contribution >= 0.6 is 11.6 Å². The Morgan fingerprint density at radius 2 is 1.84 bits per heavy atom. The summed E-state index contributed by atoms with van der Waals surface area (Å²) in [4.78, 5) is 34.3. The van der Waals surface area contributed by atoms with Gasteiger partial charge in [-0.05, 0) is 43.3 Å². The summed E-state index contributed by atoms with van der Waals surface area (Å²) in [5, 5.41) is 11.1. The molecule has 2 aromatic carbocycles. The maximum absolute atomic E-state index is 12.1. The van der Waals surface area contributed by atoms with Gasteiger partial charge in [-0.25, -0.2) is 4.79 Å². The van der Waals surface area contributed by atoms with Crippen LogP contribution in [0.4, 0.5) is 5.69 Å². The molecule has 0 fully saturated rings. The van der Waals surface area contributed by atoms with Gasteiger partial charge in [-0.1, -0.05) is 11.6 Å². The van der Waals surface area contributed by atoms with Gasteiger partial charge in [-0.15, -0.1) is 0 Å². The molecule has 0 bridgehead atoms. The summed E-state index contributed by atoms with van der Waals surface area (Å²) in [5.41, 5.74) is -0.420. The van der Waals surface area contributed by atoms with E-state index < -0.39 is 29.0 Å². The van der Waals surface area contributed by atoms with Crippen molar-refractivity contribution in [2.45, 2.75) is 6.92 Å². The first-order valence-electron chi connectivity index (χ1n) is 7.29. The third-order valence-electron chi connectivity index (χ3n) is 3.20. The van der Waals surface area contributed by atoms with Crippen molar-refractivity contribution >= 4 is 29.0 Å². The highest BCUT2D eigenvalue weighted by molar-refractivity contribution is 6.31. The van der Waals surface area contributed by atoms with E-state index in [0.717, 1.165) is 12.1 Å². The fourth-order valence-electron chi connectivity index (χ4n) is 2.03. The van der Waals surface area contributed by atoms with E-state index in [0.29, 0.717) is 17.9 Å². The van der Waals surface area contributed by atoms with E-state index >= 15 is 0 Å². The number of ketones is 1. The second-order valence-electron chi connectivity index (χ2n) is 4.88. The first-order chi connectivity index (χ1) is 11.9. The van der Waals surface area contributed by atoms with Crippen molar-refractivity contribution in [3.8, 4) is 5.75 Å². The molecule has 2 aromatic rings. The molecule has 0 aliphatic heterocycles. The highest BCUT2D eigenvalue weighted by atomic mass is 35.5. The molecule has 0 atom stereocenters. The van der Waals surface area contributed by atoms with Crippen molar-refractivity contribution in [2.75, 3.05) is 13.2 Å². The van der Waals surface area contributed by atoms with Crippen molar-refractivity contribution in [3.63, 3.8) is 0 Å². The fourth-order valence-corrected chi connectivity index (χ4v) is 2.20. The summed E-state index contributed by atoms with van der Waals surface area (Å²) in [6.45, 7) is 1.80. The Morgan fingerprint density at radius 1 is 1.16 bits per heavy atom. The van der Waals surface area contributed by atoms with Crippen LogP contribution in [0.2, 0.25) is 5.02 Å². The number of halogens is 1. The van der Waals surface area contributed by atoms with Gasteiger partial charge in [0.1, 0.15) is 11.3 Å². The van der Waals surface area contributed by atoms with Crippen LogP contribution in [0.25, 0.3) is 0 Å². The first-order valence-corrected chi connectivity index (χ1v) is 7.67. The molecule has 0 spiro atoms. The summed E-state index contributed by atoms with van der Waals surface area (Å²) >= 11 is 5.76. The third-order valence-corrected chi connectivity index (χ3v) is 3.43. The molecule has 0 radical (unpaired) electrons. The fraction of sp³-hybridized carbons (Fsp3) is 0.176. The number of carbonyl (C=O) groups is 2. The van der Waals surface area contributed by atoms with Gasteiger partial charge in [0.05, 0.1) is 11.5 Å². The molecule has 8 heteroatoms. The Labute approximate surface area is 148 Å². The summed E-state index contributed by atoms with van der Waals surface area (Å²) < 4.78 is 10.2. The van der Waals surface area contributed by atoms with Crippen molar-refractivity contribution in [2.24, 2.45) is 0 Å². The minimum absolute atomic E-state index is 0.149. The second kappa shape index (κ2) is 8.25. The number of carbonyl (C=O) groups excluding carboxylic acids is 2. The van der Waals surface area contributed by atoms with Crippen LogP contribution in [0.3, 0.4) is 0 Å². The quantitative estimate of drug-likeness (QED) is 0.322. The molecule has 0 unspecified atom stereocenters. The normalized spacial score (nSPS) is 10.2. The van der Waals surface area contributed by atoms with Crippen LogP contribution in [0.5, 0.6) is 5.75 Å². The Morgan fingerprint density at radius 3 is 2.44 bits per heavy atom. The number of benzene rings is 2. The maximum atomic E-state index is 12.1. The van der Waals surface area contributed by atoms with Gasteiger partial charge < -0.3 is 9.47 Å². The van der Waals surface area contributed by atoms with E-state index in [9.17, 15) is 19.7 Å². The SMILES string of the molecule is CCOc1ccc(C(=O)COC(=O)c2cc(Cl)ccc2[N+](=O)[O-])cc1. The van der Waals surface area contributed by atoms with Crippen LogP contribution in [-0.2, 0) is 4.74 Å². The summed E-state index contributed by atoms with van der Waals surface area (Å²) in [7, 11) is 0. The molecular formula is C17H14ClNO6. The lowest BCUT2D eigenvalue weighted by atomic mass is 10.1. The topological polar surface area (TPSA) is 95.7 Å². The van der Waals surface area contributed by atoms with Gasteiger partial charge in [0.25, 0.3) is 5.69 Å². The van der Waals surface area contributed by atoms with Gasteiger partial charge in [0.2, 0.25) is 0 Å². The Balaban J connectivity index is 2.05. The number of esters is 1. The van der Waals surface area contributed by atoms with Crippen molar-refractivity contribution in [1.82, 2.24) is 0 Å². The number of nitro groups is 1. The lowest BCUT2D eigenvalue weighted by molar-refractivity contribution is -0.385. The lowest BCUT2D eigenvalue weighted by Crippen LogP contribution is -2.15. The molecule has 2 rings (SSSR count). The first kappa shape index (κ1) is 18.4. The lowest BCUT2D eigenvalue weighted by Gasteiger charge is -2.07. The third kappa shape index (κ3) is 4.77. The molecule has 0 amide bonds. The maximum Gasteiger partial charge on any atom is 0.345 e. The molecule has 0 saturated heterocycles. The number of rotatable bonds is 7. The van der Waals surface area contributed by atoms with Crippen molar-refractivity contribution in [3.05, 3.63) is 68.7 Å². The van der Waals surface area contributed by atoms with E-state index in [2.05, 4.69) is 0 Å². The Bertz CT molecular complexity index is 803. The average Bonchev–Trinajstić information content (AvgIpc) is 2.60. The summed E-state index contributed by atoms with van der Waals surface area (Å²) in [5.74, 6) is -0.819. The molecule has 0 saturated carbocycles. The van der Waals surface area contributed by atoms with Gasteiger partial charge in [-0.3, -0.25) is 14.9 Å². The summed E-state index contributed by atoms with van der Waals surface area (Å²) in [6.07, 6.45) is 0. The highest BCUT2D eigenvalue weighted by Gasteiger charge is 2.22. The minimum atomic E-state index is -0.992. The number of hydrogen-bond acceptors (Lipinski definition) is 6. The predicted molar refractivity (Wildman–Crippen MR) is 90.3 cm³/mol. The number of nitro benzene ring substituents is 1. The van der Waals surface area contributed by atoms with Crippen molar-refractivity contribution < 1.29 is 24.0 Å². The van der Waals surface area contributed by atoms with Crippen LogP contribution in [0.15, 0.2) is 42.5 Å². The average molecular weight is 364 g/mol. The zero-order chi connectivity index (χ0) is 18.4. The van der Waals surface area contributed by atoms with Gasteiger partial charge >= 0.3 is 5.97 Å². The van der Waals surface area contributed by atoms with Crippen LogP contribution < -0.4 is 4.74 Å².